The third-order valence-electron chi connectivity index (χ3n) is 10.3. The lowest BCUT2D eigenvalue weighted by Crippen LogP contribution is -2.62. The standard InChI is InChI=1S/C34H46N8O7S/c1-33(2,49)26-17-38-40-42(26)21-16-25(31(47)39-34(27(43)30(37)46)10-12-50-13-11-34)41(18-21)32(48)24(14-19-6-4-3-5-7-19)23-15-20(28(35)44)8-9-22(23)29(36)45/h8-9,15,17,19,21,24-25,49H,3-7,10-14,16,18H2,1-2H3,(H2,35,44)(H2,36,45)(H2,37,46)(H,39,47)/t21-,24+,25-/m0/s1. The maximum absolute atomic E-state index is 15.0. The summed E-state index contributed by atoms with van der Waals surface area (Å²) in [6.07, 6.45) is 6.92. The molecule has 0 unspecified atom stereocenters. The van der Waals surface area contributed by atoms with Crippen molar-refractivity contribution in [3.8, 4) is 0 Å². The van der Waals surface area contributed by atoms with E-state index in [1.807, 2.05) is 0 Å². The van der Waals surface area contributed by atoms with E-state index in [1.165, 1.54) is 34.0 Å². The predicted molar refractivity (Wildman–Crippen MR) is 183 cm³/mol. The zero-order valence-corrected chi connectivity index (χ0v) is 29.2. The molecule has 0 spiro atoms. The molecular formula is C34H46N8O7S. The van der Waals surface area contributed by atoms with Crippen LogP contribution in [0.3, 0.4) is 0 Å². The zero-order valence-electron chi connectivity index (χ0n) is 28.4. The van der Waals surface area contributed by atoms with E-state index < -0.39 is 64.5 Å². The molecule has 8 N–H and O–H groups in total. The first kappa shape index (κ1) is 37.0. The summed E-state index contributed by atoms with van der Waals surface area (Å²) >= 11 is 1.59. The van der Waals surface area contributed by atoms with E-state index in [2.05, 4.69) is 15.6 Å². The number of rotatable bonds is 12. The quantitative estimate of drug-likeness (QED) is 0.196. The second kappa shape index (κ2) is 14.9. The van der Waals surface area contributed by atoms with Crippen LogP contribution in [0.2, 0.25) is 0 Å². The van der Waals surface area contributed by atoms with Crippen molar-refractivity contribution in [2.75, 3.05) is 18.1 Å². The Hall–Kier alpha value is -4.31. The van der Waals surface area contributed by atoms with Crippen molar-refractivity contribution in [3.05, 3.63) is 46.8 Å². The summed E-state index contributed by atoms with van der Waals surface area (Å²) in [5.41, 5.74) is 14.7. The summed E-state index contributed by atoms with van der Waals surface area (Å²) in [6, 6.07) is 2.44. The Morgan fingerprint density at radius 3 is 2.32 bits per heavy atom. The molecule has 3 heterocycles. The smallest absolute Gasteiger partial charge is 0.287 e. The molecule has 2 aromatic rings. The zero-order chi connectivity index (χ0) is 36.4. The fraction of sp³-hybridized carbons (Fsp3) is 0.588. The summed E-state index contributed by atoms with van der Waals surface area (Å²) < 4.78 is 1.49. The molecule has 50 heavy (non-hydrogen) atoms. The second-order valence-corrected chi connectivity index (χ2v) is 15.4. The fourth-order valence-electron chi connectivity index (χ4n) is 7.66. The normalized spacial score (nSPS) is 21.7. The minimum atomic E-state index is -1.52. The number of benzene rings is 1. The molecule has 270 valence electrons. The summed E-state index contributed by atoms with van der Waals surface area (Å²) in [6.45, 7) is 3.11. The molecule has 1 aliphatic carbocycles. The second-order valence-electron chi connectivity index (χ2n) is 14.2. The number of amides is 5. The number of primary amides is 3. The first-order valence-corrected chi connectivity index (χ1v) is 18.2. The number of Topliss-reactive ketones (excluding diaryl/α,β-unsaturated/α-hetero) is 1. The van der Waals surface area contributed by atoms with Crippen LogP contribution in [-0.2, 0) is 24.8 Å². The van der Waals surface area contributed by atoms with Gasteiger partial charge in [0.2, 0.25) is 29.4 Å². The molecule has 2 aliphatic heterocycles. The lowest BCUT2D eigenvalue weighted by molar-refractivity contribution is -0.145. The molecular weight excluding hydrogens is 664 g/mol. The van der Waals surface area contributed by atoms with Gasteiger partial charge in [-0.05, 0) is 74.3 Å². The van der Waals surface area contributed by atoms with Gasteiger partial charge in [0.15, 0.2) is 0 Å². The van der Waals surface area contributed by atoms with E-state index in [9.17, 15) is 29.1 Å². The first-order chi connectivity index (χ1) is 23.6. The average molecular weight is 711 g/mol. The lowest BCUT2D eigenvalue weighted by atomic mass is 9.78. The van der Waals surface area contributed by atoms with E-state index >= 15 is 4.79 Å². The average Bonchev–Trinajstić information content (AvgIpc) is 3.76. The summed E-state index contributed by atoms with van der Waals surface area (Å²) in [4.78, 5) is 81.2. The van der Waals surface area contributed by atoms with Crippen molar-refractivity contribution in [2.24, 2.45) is 23.1 Å². The number of ketones is 1. The van der Waals surface area contributed by atoms with E-state index in [0.717, 1.165) is 32.1 Å². The lowest BCUT2D eigenvalue weighted by Gasteiger charge is -2.37. The molecule has 0 radical (unpaired) electrons. The molecule has 15 nitrogen and oxygen atoms in total. The monoisotopic (exact) mass is 710 g/mol. The van der Waals surface area contributed by atoms with Gasteiger partial charge in [0.05, 0.1) is 23.9 Å². The highest BCUT2D eigenvalue weighted by Crippen LogP contribution is 2.40. The van der Waals surface area contributed by atoms with E-state index in [4.69, 9.17) is 17.2 Å². The van der Waals surface area contributed by atoms with Crippen LogP contribution in [0.25, 0.3) is 0 Å². The van der Waals surface area contributed by atoms with Crippen molar-refractivity contribution in [3.63, 3.8) is 0 Å². The Bertz CT molecular complexity index is 1660. The van der Waals surface area contributed by atoms with Gasteiger partial charge in [-0.25, -0.2) is 4.68 Å². The van der Waals surface area contributed by atoms with Crippen molar-refractivity contribution < 1.29 is 33.9 Å². The molecule has 1 aromatic carbocycles. The number of carbonyl (C=O) groups excluding carboxylic acids is 6. The predicted octanol–water partition coefficient (Wildman–Crippen LogP) is 1.04. The number of hydrogen-bond donors (Lipinski definition) is 5. The Balaban J connectivity index is 1.59. The molecule has 0 bridgehead atoms. The number of likely N-dealkylation sites (tertiary alicyclic amines) is 1. The fourth-order valence-corrected chi connectivity index (χ4v) is 8.85. The van der Waals surface area contributed by atoms with Crippen LogP contribution in [0.15, 0.2) is 24.4 Å². The number of nitrogens with two attached hydrogens (primary N) is 3. The molecule has 3 atom stereocenters. The highest BCUT2D eigenvalue weighted by Gasteiger charge is 2.49. The van der Waals surface area contributed by atoms with Gasteiger partial charge in [-0.15, -0.1) is 5.10 Å². The van der Waals surface area contributed by atoms with Gasteiger partial charge < -0.3 is 32.5 Å². The summed E-state index contributed by atoms with van der Waals surface area (Å²) in [5, 5.41) is 21.9. The number of aromatic nitrogens is 3. The minimum absolute atomic E-state index is 0.0292. The molecule has 5 amide bonds. The number of hydrogen-bond acceptors (Lipinski definition) is 10. The van der Waals surface area contributed by atoms with Gasteiger partial charge in [-0.2, -0.15) is 11.8 Å². The maximum Gasteiger partial charge on any atom is 0.287 e. The van der Waals surface area contributed by atoms with Crippen molar-refractivity contribution >= 4 is 47.1 Å². The van der Waals surface area contributed by atoms with E-state index in [1.54, 1.807) is 25.6 Å². The molecule has 3 fully saturated rings. The van der Waals surface area contributed by atoms with Crippen LogP contribution < -0.4 is 22.5 Å². The third kappa shape index (κ3) is 7.70. The van der Waals surface area contributed by atoms with Crippen molar-refractivity contribution in [1.82, 2.24) is 25.2 Å². The van der Waals surface area contributed by atoms with Crippen LogP contribution in [-0.4, -0.2) is 90.0 Å². The molecule has 1 saturated carbocycles. The molecule has 1 aromatic heterocycles. The highest BCUT2D eigenvalue weighted by molar-refractivity contribution is 7.99. The van der Waals surface area contributed by atoms with E-state index in [0.29, 0.717) is 23.6 Å². The molecule has 16 heteroatoms. The van der Waals surface area contributed by atoms with Crippen LogP contribution >= 0.6 is 11.8 Å². The van der Waals surface area contributed by atoms with Gasteiger partial charge in [-0.3, -0.25) is 28.8 Å². The van der Waals surface area contributed by atoms with Crippen LogP contribution in [0.1, 0.15) is 116 Å². The van der Waals surface area contributed by atoms with E-state index in [-0.39, 0.29) is 48.4 Å². The van der Waals surface area contributed by atoms with Gasteiger partial charge in [0.1, 0.15) is 17.2 Å². The minimum Gasteiger partial charge on any atom is -0.384 e. The number of nitrogens with one attached hydrogen (secondary N) is 1. The highest BCUT2D eigenvalue weighted by atomic mass is 32.2. The van der Waals surface area contributed by atoms with Gasteiger partial charge >= 0.3 is 0 Å². The summed E-state index contributed by atoms with van der Waals surface area (Å²) in [7, 11) is 0. The number of aliphatic hydroxyl groups is 1. The molecule has 2 saturated heterocycles. The van der Waals surface area contributed by atoms with Crippen LogP contribution in [0.5, 0.6) is 0 Å². The molecule has 3 aliphatic rings. The first-order valence-electron chi connectivity index (χ1n) is 17.0. The van der Waals surface area contributed by atoms with Gasteiger partial charge in [0.25, 0.3) is 5.91 Å². The largest absolute Gasteiger partial charge is 0.384 e. The maximum atomic E-state index is 15.0. The number of nitrogens with zero attached hydrogens (tertiary/aromatic N) is 4. The number of carbonyl (C=O) groups is 6. The summed E-state index contributed by atoms with van der Waals surface area (Å²) in [5.74, 6) is -4.56. The van der Waals surface area contributed by atoms with Gasteiger partial charge in [0, 0.05) is 24.1 Å². The SMILES string of the molecule is CC(C)(O)c1cnnn1[C@H]1C[C@@H](C(=O)NC2(C(=O)C(N)=O)CCSCC2)N(C(=O)[C@H](CC2CCCCC2)c2cc(C(N)=O)ccc2C(N)=O)C1. The van der Waals surface area contributed by atoms with Crippen molar-refractivity contribution in [2.45, 2.75) is 101 Å². The topological polar surface area (TPSA) is 247 Å². The Labute approximate surface area is 294 Å². The Morgan fingerprint density at radius 1 is 1.04 bits per heavy atom. The van der Waals surface area contributed by atoms with Crippen LogP contribution in [0, 0.1) is 5.92 Å². The molecule has 5 rings (SSSR count). The Morgan fingerprint density at radius 2 is 1.72 bits per heavy atom. The third-order valence-corrected chi connectivity index (χ3v) is 11.3. The van der Waals surface area contributed by atoms with Gasteiger partial charge in [-0.1, -0.05) is 37.3 Å². The van der Waals surface area contributed by atoms with Crippen molar-refractivity contribution in [1.29, 1.82) is 0 Å². The van der Waals surface area contributed by atoms with Crippen LogP contribution in [0.4, 0.5) is 0 Å². The Kier molecular flexibility index (Phi) is 11.0. The number of thioether (sulfide) groups is 1.